The van der Waals surface area contributed by atoms with Gasteiger partial charge in [-0.15, -0.1) is 0 Å². The van der Waals surface area contributed by atoms with E-state index < -0.39 is 11.7 Å². The summed E-state index contributed by atoms with van der Waals surface area (Å²) in [5.74, 6) is 0.476. The molecule has 0 unspecified atom stereocenters. The summed E-state index contributed by atoms with van der Waals surface area (Å²) >= 11 is 5.48. The van der Waals surface area contributed by atoms with Crippen molar-refractivity contribution in [1.29, 1.82) is 0 Å². The first kappa shape index (κ1) is 27.7. The van der Waals surface area contributed by atoms with E-state index in [0.717, 1.165) is 4.47 Å². The smallest absolute Gasteiger partial charge is 0.282 e. The second kappa shape index (κ2) is 12.0. The van der Waals surface area contributed by atoms with Crippen LogP contribution in [0, 0.1) is 9.39 Å². The molecule has 8 nitrogen and oxygen atoms in total. The van der Waals surface area contributed by atoms with E-state index in [1.807, 2.05) is 19.9 Å². The van der Waals surface area contributed by atoms with Crippen LogP contribution in [0.4, 0.5) is 10.1 Å². The van der Waals surface area contributed by atoms with Gasteiger partial charge in [-0.05, 0) is 82.8 Å². The van der Waals surface area contributed by atoms with Crippen molar-refractivity contribution in [1.82, 2.24) is 9.66 Å². The molecule has 0 aliphatic carbocycles. The summed E-state index contributed by atoms with van der Waals surface area (Å²) in [6.45, 7) is 3.62. The van der Waals surface area contributed by atoms with Crippen LogP contribution < -0.4 is 20.3 Å². The molecular formula is C27H23BrFIN4O4. The van der Waals surface area contributed by atoms with Gasteiger partial charge in [0.25, 0.3) is 11.5 Å². The van der Waals surface area contributed by atoms with Gasteiger partial charge in [0.2, 0.25) is 0 Å². The lowest BCUT2D eigenvalue weighted by Crippen LogP contribution is -2.23. The lowest BCUT2D eigenvalue weighted by molar-refractivity contribution is -0.118. The number of fused-ring (bicyclic) bond motifs is 1. The molecule has 196 valence electrons. The fourth-order valence-corrected chi connectivity index (χ4v) is 4.74. The predicted molar refractivity (Wildman–Crippen MR) is 157 cm³/mol. The zero-order valence-corrected chi connectivity index (χ0v) is 24.4. The number of halogens is 3. The van der Waals surface area contributed by atoms with E-state index in [2.05, 4.69) is 53.9 Å². The summed E-state index contributed by atoms with van der Waals surface area (Å²) in [6.07, 6.45) is 1.55. The van der Waals surface area contributed by atoms with Gasteiger partial charge in [-0.25, -0.2) is 9.37 Å². The highest BCUT2D eigenvalue weighted by Gasteiger charge is 2.16. The van der Waals surface area contributed by atoms with E-state index in [-0.39, 0.29) is 18.1 Å². The summed E-state index contributed by atoms with van der Waals surface area (Å²) in [7, 11) is 1.49. The first-order valence-corrected chi connectivity index (χ1v) is 13.4. The van der Waals surface area contributed by atoms with Crippen LogP contribution in [0.25, 0.3) is 10.9 Å². The number of anilines is 1. The topological polar surface area (TPSA) is 94.8 Å². The molecule has 0 saturated heterocycles. The summed E-state index contributed by atoms with van der Waals surface area (Å²) in [4.78, 5) is 30.2. The maximum absolute atomic E-state index is 13.3. The van der Waals surface area contributed by atoms with E-state index in [4.69, 9.17) is 9.47 Å². The molecule has 0 radical (unpaired) electrons. The van der Waals surface area contributed by atoms with Crippen molar-refractivity contribution >= 4 is 67.2 Å². The Bertz CT molecular complexity index is 1590. The zero-order chi connectivity index (χ0) is 27.4. The number of aromatic nitrogens is 2. The van der Waals surface area contributed by atoms with Gasteiger partial charge in [-0.3, -0.25) is 9.59 Å². The third-order valence-corrected chi connectivity index (χ3v) is 6.69. The number of nitrogens with zero attached hydrogens (tertiary/aromatic N) is 3. The molecule has 4 rings (SSSR count). The Morgan fingerprint density at radius 2 is 1.95 bits per heavy atom. The third-order valence-electron chi connectivity index (χ3n) is 5.40. The minimum atomic E-state index is -0.406. The number of hydrogen-bond acceptors (Lipinski definition) is 6. The van der Waals surface area contributed by atoms with Gasteiger partial charge >= 0.3 is 0 Å². The number of carbonyl (C=O) groups excluding carboxylic acids is 1. The van der Waals surface area contributed by atoms with E-state index in [0.29, 0.717) is 43.0 Å². The molecule has 1 amide bonds. The Morgan fingerprint density at radius 3 is 2.63 bits per heavy atom. The predicted octanol–water partition coefficient (Wildman–Crippen LogP) is 5.93. The number of carbonyl (C=O) groups is 1. The molecule has 1 N–H and O–H groups in total. The molecule has 4 aromatic rings. The fraction of sp³-hybridized carbons (Fsp3) is 0.185. The van der Waals surface area contributed by atoms with Gasteiger partial charge in [0, 0.05) is 16.1 Å². The van der Waals surface area contributed by atoms with Gasteiger partial charge in [-0.1, -0.05) is 29.8 Å². The van der Waals surface area contributed by atoms with Crippen molar-refractivity contribution in [2.45, 2.75) is 19.8 Å². The van der Waals surface area contributed by atoms with Gasteiger partial charge in [0.1, 0.15) is 11.6 Å². The van der Waals surface area contributed by atoms with E-state index >= 15 is 0 Å². The highest BCUT2D eigenvalue weighted by atomic mass is 127. The molecule has 0 bridgehead atoms. The lowest BCUT2D eigenvalue weighted by atomic mass is 10.2. The highest BCUT2D eigenvalue weighted by molar-refractivity contribution is 14.1. The molecule has 0 aliphatic heterocycles. The van der Waals surface area contributed by atoms with Crippen LogP contribution in [0.5, 0.6) is 11.5 Å². The summed E-state index contributed by atoms with van der Waals surface area (Å²) in [6, 6.07) is 14.3. The lowest BCUT2D eigenvalue weighted by Gasteiger charge is -2.14. The van der Waals surface area contributed by atoms with Crippen LogP contribution in [0.2, 0.25) is 0 Å². The number of nitrogens with one attached hydrogen (secondary N) is 1. The van der Waals surface area contributed by atoms with Gasteiger partial charge < -0.3 is 14.8 Å². The van der Waals surface area contributed by atoms with Gasteiger partial charge in [-0.2, -0.15) is 9.78 Å². The van der Waals surface area contributed by atoms with Crippen molar-refractivity contribution in [3.8, 4) is 11.5 Å². The maximum Gasteiger partial charge on any atom is 0.282 e. The molecule has 1 aromatic heterocycles. The van der Waals surface area contributed by atoms with E-state index in [1.54, 1.807) is 30.5 Å². The molecule has 0 atom stereocenters. The molecule has 0 saturated carbocycles. The molecule has 0 aliphatic rings. The van der Waals surface area contributed by atoms with Crippen LogP contribution in [0.3, 0.4) is 0 Å². The molecule has 1 heterocycles. The normalized spacial score (nSPS) is 11.3. The minimum Gasteiger partial charge on any atom is -0.493 e. The molecule has 11 heteroatoms. The monoisotopic (exact) mass is 692 g/mol. The number of rotatable bonds is 8. The minimum absolute atomic E-state index is 0.0422. The van der Waals surface area contributed by atoms with Crippen molar-refractivity contribution in [2.24, 2.45) is 5.10 Å². The van der Waals surface area contributed by atoms with Crippen LogP contribution in [-0.4, -0.2) is 35.5 Å². The summed E-state index contributed by atoms with van der Waals surface area (Å²) in [5.41, 5.74) is 1.45. The molecule has 0 spiro atoms. The van der Waals surface area contributed by atoms with Crippen LogP contribution in [0.1, 0.15) is 31.2 Å². The first-order valence-electron chi connectivity index (χ1n) is 11.5. The largest absolute Gasteiger partial charge is 0.493 e. The van der Waals surface area contributed by atoms with Crippen LogP contribution in [-0.2, 0) is 4.79 Å². The Kier molecular flexibility index (Phi) is 8.77. The fourth-order valence-electron chi connectivity index (χ4n) is 3.60. The average Bonchev–Trinajstić information content (AvgIpc) is 2.88. The number of ether oxygens (including phenoxy) is 2. The molecule has 0 fully saturated rings. The molecule has 38 heavy (non-hydrogen) atoms. The summed E-state index contributed by atoms with van der Waals surface area (Å²) < 4.78 is 27.1. The van der Waals surface area contributed by atoms with Crippen LogP contribution in [0.15, 0.2) is 69.0 Å². The van der Waals surface area contributed by atoms with Crippen molar-refractivity contribution in [2.75, 3.05) is 19.0 Å². The Balaban J connectivity index is 1.58. The number of methoxy groups -OCH3 is 1. The number of hydrogen-bond donors (Lipinski definition) is 1. The standard InChI is InChI=1S/C27H23BrFIN4O4/c1-15(2)26-33-22-9-4-17(28)12-20(22)27(36)34(26)31-13-16-10-21(30)25(23(11-16)37-3)38-14-24(35)32-19-7-5-18(29)6-8-19/h4-13,15H,14H2,1-3H3,(H,32,35). The Hall–Kier alpha value is -3.32. The quantitative estimate of drug-likeness (QED) is 0.182. The number of amides is 1. The van der Waals surface area contributed by atoms with Crippen LogP contribution >= 0.6 is 38.5 Å². The SMILES string of the molecule is COc1cc(C=Nn2c(C(C)C)nc3ccc(Br)cc3c2=O)cc(I)c1OCC(=O)Nc1ccc(F)cc1. The second-order valence-electron chi connectivity index (χ2n) is 8.53. The van der Waals surface area contributed by atoms with E-state index in [1.165, 1.54) is 36.1 Å². The van der Waals surface area contributed by atoms with Crippen molar-refractivity contribution in [3.05, 3.63) is 90.2 Å². The van der Waals surface area contributed by atoms with Crippen molar-refractivity contribution < 1.29 is 18.7 Å². The van der Waals surface area contributed by atoms with Gasteiger partial charge in [0.15, 0.2) is 18.1 Å². The summed E-state index contributed by atoms with van der Waals surface area (Å²) in [5, 5.41) is 7.56. The maximum atomic E-state index is 13.3. The van der Waals surface area contributed by atoms with E-state index in [9.17, 15) is 14.0 Å². The third kappa shape index (κ3) is 6.38. The Morgan fingerprint density at radius 1 is 1.21 bits per heavy atom. The number of benzene rings is 3. The zero-order valence-electron chi connectivity index (χ0n) is 20.7. The average molecular weight is 693 g/mol. The Labute approximate surface area is 240 Å². The molecule has 3 aromatic carbocycles. The first-order chi connectivity index (χ1) is 18.2. The van der Waals surface area contributed by atoms with Gasteiger partial charge in [0.05, 0.1) is 27.8 Å². The second-order valence-corrected chi connectivity index (χ2v) is 10.6. The highest BCUT2D eigenvalue weighted by Crippen LogP contribution is 2.33. The molecular weight excluding hydrogens is 670 g/mol. The van der Waals surface area contributed by atoms with Crippen molar-refractivity contribution in [3.63, 3.8) is 0 Å².